The first-order chi connectivity index (χ1) is 6.11. The zero-order valence-electron chi connectivity index (χ0n) is 8.37. The van der Waals surface area contributed by atoms with Gasteiger partial charge < -0.3 is 9.53 Å². The second-order valence-corrected chi connectivity index (χ2v) is 2.93. The molecule has 0 bridgehead atoms. The molecule has 13 heavy (non-hydrogen) atoms. The summed E-state index contributed by atoms with van der Waals surface area (Å²) in [6, 6.07) is 0. The highest BCUT2D eigenvalue weighted by Crippen LogP contribution is 2.11. The van der Waals surface area contributed by atoms with Crippen LogP contribution in [-0.4, -0.2) is 18.9 Å². The second-order valence-electron chi connectivity index (χ2n) is 2.93. The molecule has 3 nitrogen and oxygen atoms in total. The molecule has 0 radical (unpaired) electrons. The summed E-state index contributed by atoms with van der Waals surface area (Å²) in [7, 11) is 1.34. The number of esters is 1. The summed E-state index contributed by atoms with van der Waals surface area (Å²) in [5.74, 6) is -0.619. The highest BCUT2D eigenvalue weighted by molar-refractivity contribution is 5.82. The number of rotatable bonds is 5. The maximum absolute atomic E-state index is 11.1. The van der Waals surface area contributed by atoms with Crippen molar-refractivity contribution in [2.45, 2.75) is 26.7 Å². The van der Waals surface area contributed by atoms with Gasteiger partial charge >= 0.3 is 5.97 Å². The molecule has 1 atom stereocenters. The molecule has 0 aliphatic rings. The molecule has 0 heterocycles. The van der Waals surface area contributed by atoms with E-state index in [-0.39, 0.29) is 24.1 Å². The van der Waals surface area contributed by atoms with E-state index in [1.807, 2.05) is 19.1 Å². The van der Waals surface area contributed by atoms with Crippen LogP contribution >= 0.6 is 0 Å². The predicted octanol–water partition coefficient (Wildman–Crippen LogP) is 1.72. The van der Waals surface area contributed by atoms with Crippen LogP contribution in [-0.2, 0) is 14.3 Å². The maximum Gasteiger partial charge on any atom is 0.309 e. The van der Waals surface area contributed by atoms with E-state index < -0.39 is 0 Å². The van der Waals surface area contributed by atoms with E-state index in [0.29, 0.717) is 6.42 Å². The van der Waals surface area contributed by atoms with Gasteiger partial charge in [0.2, 0.25) is 0 Å². The molecule has 0 aromatic heterocycles. The Morgan fingerprint density at radius 2 is 2.08 bits per heavy atom. The SMILES string of the molecule is C/C=C/CC(CC(C)=O)C(=O)OC. The molecule has 0 aliphatic heterocycles. The third-order valence-electron chi connectivity index (χ3n) is 1.72. The summed E-state index contributed by atoms with van der Waals surface area (Å²) in [4.78, 5) is 22.0. The average Bonchev–Trinajstić information content (AvgIpc) is 2.10. The van der Waals surface area contributed by atoms with E-state index in [1.165, 1.54) is 14.0 Å². The normalized spacial score (nSPS) is 12.8. The standard InChI is InChI=1S/C10H16O3/c1-4-5-6-9(7-8(2)11)10(12)13-3/h4-5,9H,6-7H2,1-3H3/b5-4+. The Bertz CT molecular complexity index is 206. The molecule has 0 aromatic rings. The molecule has 0 rings (SSSR count). The zero-order chi connectivity index (χ0) is 10.3. The molecule has 0 spiro atoms. The number of hydrogen-bond acceptors (Lipinski definition) is 3. The van der Waals surface area contributed by atoms with Crippen LogP contribution < -0.4 is 0 Å². The van der Waals surface area contributed by atoms with E-state index in [4.69, 9.17) is 0 Å². The molecule has 3 heteroatoms. The second kappa shape index (κ2) is 6.40. The minimum Gasteiger partial charge on any atom is -0.469 e. The number of Topliss-reactive ketones (excluding diaryl/α,β-unsaturated/α-hetero) is 1. The van der Waals surface area contributed by atoms with Crippen molar-refractivity contribution in [1.82, 2.24) is 0 Å². The van der Waals surface area contributed by atoms with Crippen molar-refractivity contribution in [3.05, 3.63) is 12.2 Å². The number of ether oxygens (including phenoxy) is 1. The molecule has 0 aromatic carbocycles. The van der Waals surface area contributed by atoms with Crippen molar-refractivity contribution in [1.29, 1.82) is 0 Å². The quantitative estimate of drug-likeness (QED) is 0.482. The number of allylic oxidation sites excluding steroid dienone is 2. The van der Waals surface area contributed by atoms with E-state index in [9.17, 15) is 9.59 Å². The lowest BCUT2D eigenvalue weighted by Crippen LogP contribution is -2.18. The largest absolute Gasteiger partial charge is 0.469 e. The summed E-state index contributed by atoms with van der Waals surface area (Å²) in [6.45, 7) is 3.35. The summed E-state index contributed by atoms with van der Waals surface area (Å²) >= 11 is 0. The van der Waals surface area contributed by atoms with Crippen LogP contribution in [0.2, 0.25) is 0 Å². The molecule has 0 N–H and O–H groups in total. The first-order valence-corrected chi connectivity index (χ1v) is 4.30. The first kappa shape index (κ1) is 11.9. The average molecular weight is 184 g/mol. The van der Waals surface area contributed by atoms with Gasteiger partial charge in [-0.05, 0) is 20.3 Å². The van der Waals surface area contributed by atoms with Gasteiger partial charge in [0.15, 0.2) is 0 Å². The Morgan fingerprint density at radius 1 is 1.46 bits per heavy atom. The van der Waals surface area contributed by atoms with Crippen molar-refractivity contribution in [3.8, 4) is 0 Å². The van der Waals surface area contributed by atoms with Crippen LogP contribution in [0.25, 0.3) is 0 Å². The van der Waals surface area contributed by atoms with Gasteiger partial charge in [-0.1, -0.05) is 12.2 Å². The van der Waals surface area contributed by atoms with Gasteiger partial charge in [-0.3, -0.25) is 4.79 Å². The van der Waals surface area contributed by atoms with Crippen molar-refractivity contribution in [3.63, 3.8) is 0 Å². The Kier molecular flexibility index (Phi) is 5.85. The van der Waals surface area contributed by atoms with Crippen LogP contribution in [0.15, 0.2) is 12.2 Å². The molecular weight excluding hydrogens is 168 g/mol. The third kappa shape index (κ3) is 5.17. The molecule has 0 saturated heterocycles. The number of ketones is 1. The first-order valence-electron chi connectivity index (χ1n) is 4.30. The number of carbonyl (C=O) groups excluding carboxylic acids is 2. The van der Waals surface area contributed by atoms with E-state index in [2.05, 4.69) is 4.74 Å². The Labute approximate surface area is 78.8 Å². The third-order valence-corrected chi connectivity index (χ3v) is 1.72. The molecule has 74 valence electrons. The van der Waals surface area contributed by atoms with Gasteiger partial charge in [-0.15, -0.1) is 0 Å². The van der Waals surface area contributed by atoms with Gasteiger partial charge in [0.05, 0.1) is 13.0 Å². The fourth-order valence-electron chi connectivity index (χ4n) is 1.08. The molecule has 1 unspecified atom stereocenters. The van der Waals surface area contributed by atoms with E-state index in [0.717, 1.165) is 0 Å². The van der Waals surface area contributed by atoms with Gasteiger partial charge in [-0.25, -0.2) is 0 Å². The monoisotopic (exact) mass is 184 g/mol. The molecule has 0 amide bonds. The minimum atomic E-state index is -0.321. The molecular formula is C10H16O3. The highest BCUT2D eigenvalue weighted by Gasteiger charge is 2.19. The van der Waals surface area contributed by atoms with Crippen LogP contribution in [0.1, 0.15) is 26.7 Å². The van der Waals surface area contributed by atoms with Crippen molar-refractivity contribution >= 4 is 11.8 Å². The lowest BCUT2D eigenvalue weighted by Gasteiger charge is -2.09. The number of methoxy groups -OCH3 is 1. The zero-order valence-corrected chi connectivity index (χ0v) is 8.37. The van der Waals surface area contributed by atoms with Gasteiger partial charge in [0.1, 0.15) is 5.78 Å². The van der Waals surface area contributed by atoms with Crippen LogP contribution in [0.4, 0.5) is 0 Å². The summed E-state index contributed by atoms with van der Waals surface area (Å²) < 4.78 is 4.59. The fraction of sp³-hybridized carbons (Fsp3) is 0.600. The number of carbonyl (C=O) groups is 2. The molecule has 0 aliphatic carbocycles. The van der Waals surface area contributed by atoms with Crippen LogP contribution in [0.3, 0.4) is 0 Å². The highest BCUT2D eigenvalue weighted by atomic mass is 16.5. The van der Waals surface area contributed by atoms with Crippen molar-refractivity contribution < 1.29 is 14.3 Å². The van der Waals surface area contributed by atoms with E-state index >= 15 is 0 Å². The van der Waals surface area contributed by atoms with Crippen LogP contribution in [0.5, 0.6) is 0 Å². The summed E-state index contributed by atoms with van der Waals surface area (Å²) in [5.41, 5.74) is 0. The maximum atomic E-state index is 11.1. The van der Waals surface area contributed by atoms with Crippen LogP contribution in [0, 0.1) is 5.92 Å². The van der Waals surface area contributed by atoms with E-state index in [1.54, 1.807) is 0 Å². The smallest absolute Gasteiger partial charge is 0.309 e. The fourth-order valence-corrected chi connectivity index (χ4v) is 1.08. The van der Waals surface area contributed by atoms with Gasteiger partial charge in [0.25, 0.3) is 0 Å². The lowest BCUT2D eigenvalue weighted by atomic mass is 9.99. The van der Waals surface area contributed by atoms with Crippen molar-refractivity contribution in [2.24, 2.45) is 5.92 Å². The lowest BCUT2D eigenvalue weighted by molar-refractivity contribution is -0.146. The Hall–Kier alpha value is -1.12. The predicted molar refractivity (Wildman–Crippen MR) is 50.2 cm³/mol. The summed E-state index contributed by atoms with van der Waals surface area (Å²) in [6.07, 6.45) is 4.56. The summed E-state index contributed by atoms with van der Waals surface area (Å²) in [5, 5.41) is 0. The minimum absolute atomic E-state index is 0.0138. The molecule has 0 fully saturated rings. The Balaban J connectivity index is 4.18. The topological polar surface area (TPSA) is 43.4 Å². The van der Waals surface area contributed by atoms with Gasteiger partial charge in [-0.2, -0.15) is 0 Å². The molecule has 0 saturated carbocycles. The Morgan fingerprint density at radius 3 is 2.46 bits per heavy atom. The van der Waals surface area contributed by atoms with Crippen molar-refractivity contribution in [2.75, 3.05) is 7.11 Å². The number of hydrogen-bond donors (Lipinski definition) is 0. The van der Waals surface area contributed by atoms with Gasteiger partial charge in [0, 0.05) is 6.42 Å².